The van der Waals surface area contributed by atoms with Crippen LogP contribution in [0.3, 0.4) is 0 Å². The van der Waals surface area contributed by atoms with E-state index in [1.165, 1.54) is 11.3 Å². The summed E-state index contributed by atoms with van der Waals surface area (Å²) in [5.41, 5.74) is 2.06. The van der Waals surface area contributed by atoms with E-state index in [2.05, 4.69) is 9.62 Å². The molecule has 33 heavy (non-hydrogen) atoms. The van der Waals surface area contributed by atoms with Crippen molar-refractivity contribution in [2.24, 2.45) is 5.92 Å². The molecule has 3 aromatic carbocycles. The molecule has 0 amide bonds. The molecular formula is C24H21ClN2O4S2. The summed E-state index contributed by atoms with van der Waals surface area (Å²) in [5.74, 6) is -1.18. The largest absolute Gasteiger partial charge is 0.481 e. The molecule has 170 valence electrons. The number of nitrogens with one attached hydrogen (secondary N) is 1. The number of hydrogen-bond donors (Lipinski definition) is 2. The van der Waals surface area contributed by atoms with Crippen molar-refractivity contribution in [2.75, 3.05) is 22.7 Å². The molecule has 0 spiro atoms. The normalized spacial score (nSPS) is 16.5. The molecule has 0 radical (unpaired) electrons. The SMILES string of the molecule is Cc1c(S(=O)(=O)Nc2ccc(N3CC[C@H](C(=O)O)C3)c3ccccc23)sc2ccc(Cl)cc12. The molecule has 1 saturated heterocycles. The van der Waals surface area contributed by atoms with Gasteiger partial charge in [-0.05, 0) is 54.6 Å². The van der Waals surface area contributed by atoms with E-state index in [9.17, 15) is 18.3 Å². The first-order valence-corrected chi connectivity index (χ1v) is 13.1. The predicted octanol–water partition coefficient (Wildman–Crippen LogP) is 5.73. The molecule has 4 aromatic rings. The van der Waals surface area contributed by atoms with Crippen molar-refractivity contribution in [3.05, 3.63) is 65.2 Å². The monoisotopic (exact) mass is 500 g/mol. The summed E-state index contributed by atoms with van der Waals surface area (Å²) in [5, 5.41) is 12.4. The Labute approximate surface area is 200 Å². The molecule has 0 bridgehead atoms. The number of benzene rings is 3. The fourth-order valence-electron chi connectivity index (χ4n) is 4.45. The van der Waals surface area contributed by atoms with Crippen LogP contribution in [0.2, 0.25) is 5.02 Å². The van der Waals surface area contributed by atoms with Gasteiger partial charge in [0.1, 0.15) is 4.21 Å². The van der Waals surface area contributed by atoms with Gasteiger partial charge in [-0.2, -0.15) is 0 Å². The Morgan fingerprint density at radius 1 is 1.12 bits per heavy atom. The van der Waals surface area contributed by atoms with Crippen molar-refractivity contribution in [3.63, 3.8) is 0 Å². The lowest BCUT2D eigenvalue weighted by Gasteiger charge is -2.22. The zero-order valence-corrected chi connectivity index (χ0v) is 20.1. The Bertz CT molecular complexity index is 1510. The van der Waals surface area contributed by atoms with Gasteiger partial charge in [0.2, 0.25) is 0 Å². The molecule has 6 nitrogen and oxygen atoms in total. The molecule has 2 N–H and O–H groups in total. The van der Waals surface area contributed by atoms with Gasteiger partial charge < -0.3 is 10.0 Å². The first kappa shape index (κ1) is 22.0. The van der Waals surface area contributed by atoms with E-state index in [0.717, 1.165) is 26.5 Å². The molecule has 1 atom stereocenters. The van der Waals surface area contributed by atoms with E-state index in [1.807, 2.05) is 36.4 Å². The van der Waals surface area contributed by atoms with Crippen LogP contribution in [-0.2, 0) is 14.8 Å². The fourth-order valence-corrected chi connectivity index (χ4v) is 7.45. The third kappa shape index (κ3) is 3.92. The van der Waals surface area contributed by atoms with Crippen molar-refractivity contribution >= 4 is 71.2 Å². The van der Waals surface area contributed by atoms with Crippen LogP contribution in [0, 0.1) is 12.8 Å². The van der Waals surface area contributed by atoms with Gasteiger partial charge in [0.25, 0.3) is 10.0 Å². The van der Waals surface area contributed by atoms with E-state index >= 15 is 0 Å². The minimum Gasteiger partial charge on any atom is -0.481 e. The molecule has 5 rings (SSSR count). The number of aryl methyl sites for hydroxylation is 1. The predicted molar refractivity (Wildman–Crippen MR) is 134 cm³/mol. The van der Waals surface area contributed by atoms with E-state index in [-0.39, 0.29) is 4.21 Å². The van der Waals surface area contributed by atoms with Gasteiger partial charge in [0.05, 0.1) is 11.6 Å². The first-order valence-electron chi connectivity index (χ1n) is 10.5. The number of sulfonamides is 1. The average molecular weight is 501 g/mol. The Hall–Kier alpha value is -2.81. The van der Waals surface area contributed by atoms with E-state index < -0.39 is 21.9 Å². The van der Waals surface area contributed by atoms with Gasteiger partial charge in [-0.1, -0.05) is 35.9 Å². The summed E-state index contributed by atoms with van der Waals surface area (Å²) < 4.78 is 30.6. The summed E-state index contributed by atoms with van der Waals surface area (Å²) in [6.07, 6.45) is 0.591. The van der Waals surface area contributed by atoms with Crippen LogP contribution in [0.1, 0.15) is 12.0 Å². The zero-order valence-electron chi connectivity index (χ0n) is 17.7. The van der Waals surface area contributed by atoms with Crippen LogP contribution in [0.25, 0.3) is 20.9 Å². The number of carboxylic acid groups (broad SMARTS) is 1. The molecule has 0 aliphatic carbocycles. The third-order valence-electron chi connectivity index (χ3n) is 6.12. The first-order chi connectivity index (χ1) is 15.7. The maximum atomic E-state index is 13.4. The number of anilines is 2. The highest BCUT2D eigenvalue weighted by Gasteiger charge is 2.29. The van der Waals surface area contributed by atoms with Crippen molar-refractivity contribution in [2.45, 2.75) is 17.6 Å². The summed E-state index contributed by atoms with van der Waals surface area (Å²) in [7, 11) is -3.83. The number of carboxylic acids is 1. The van der Waals surface area contributed by atoms with E-state index in [0.29, 0.717) is 35.8 Å². The van der Waals surface area contributed by atoms with Crippen molar-refractivity contribution in [1.29, 1.82) is 0 Å². The molecule has 1 aromatic heterocycles. The molecule has 1 aliphatic heterocycles. The van der Waals surface area contributed by atoms with Gasteiger partial charge in [-0.15, -0.1) is 11.3 Å². The van der Waals surface area contributed by atoms with Crippen molar-refractivity contribution < 1.29 is 18.3 Å². The molecule has 9 heteroatoms. The topological polar surface area (TPSA) is 86.7 Å². The van der Waals surface area contributed by atoms with Crippen LogP contribution in [-0.4, -0.2) is 32.6 Å². The summed E-state index contributed by atoms with van der Waals surface area (Å²) >= 11 is 7.32. The molecule has 2 heterocycles. The minimum atomic E-state index is -3.83. The second-order valence-electron chi connectivity index (χ2n) is 8.21. The van der Waals surface area contributed by atoms with Gasteiger partial charge >= 0.3 is 5.97 Å². The number of carbonyl (C=O) groups is 1. The van der Waals surface area contributed by atoms with E-state index in [1.54, 1.807) is 25.1 Å². The molecule has 1 aliphatic rings. The highest BCUT2D eigenvalue weighted by molar-refractivity contribution is 7.95. The van der Waals surface area contributed by atoms with E-state index in [4.69, 9.17) is 11.6 Å². The number of fused-ring (bicyclic) bond motifs is 2. The van der Waals surface area contributed by atoms with Gasteiger partial charge in [0, 0.05) is 39.3 Å². The Kier molecular flexibility index (Phi) is 5.47. The lowest BCUT2D eigenvalue weighted by Crippen LogP contribution is -2.23. The number of nitrogens with zero attached hydrogens (tertiary/aromatic N) is 1. The Morgan fingerprint density at radius 3 is 2.61 bits per heavy atom. The smallest absolute Gasteiger partial charge is 0.308 e. The number of aliphatic carboxylic acids is 1. The Balaban J connectivity index is 1.54. The fraction of sp³-hybridized carbons (Fsp3) is 0.208. The maximum absolute atomic E-state index is 13.4. The Morgan fingerprint density at radius 2 is 1.88 bits per heavy atom. The number of thiophene rings is 1. The van der Waals surface area contributed by atoms with Crippen LogP contribution >= 0.6 is 22.9 Å². The summed E-state index contributed by atoms with van der Waals surface area (Å²) in [4.78, 5) is 13.4. The number of rotatable bonds is 5. The van der Waals surface area contributed by atoms with Crippen molar-refractivity contribution in [3.8, 4) is 0 Å². The molecule has 0 saturated carbocycles. The maximum Gasteiger partial charge on any atom is 0.308 e. The molecular weight excluding hydrogens is 480 g/mol. The number of hydrogen-bond acceptors (Lipinski definition) is 5. The highest BCUT2D eigenvalue weighted by Crippen LogP contribution is 2.39. The van der Waals surface area contributed by atoms with Gasteiger partial charge in [0.15, 0.2) is 0 Å². The van der Waals surface area contributed by atoms with Crippen molar-refractivity contribution in [1.82, 2.24) is 0 Å². The minimum absolute atomic E-state index is 0.261. The second kappa shape index (κ2) is 8.20. The summed E-state index contributed by atoms with van der Waals surface area (Å²) in [6.45, 7) is 2.88. The second-order valence-corrected chi connectivity index (χ2v) is 11.6. The lowest BCUT2D eigenvalue weighted by molar-refractivity contribution is -0.140. The molecule has 1 fully saturated rings. The highest BCUT2D eigenvalue weighted by atomic mass is 35.5. The van der Waals surface area contributed by atoms with Crippen LogP contribution < -0.4 is 9.62 Å². The number of halogens is 1. The zero-order chi connectivity index (χ0) is 23.3. The average Bonchev–Trinajstić information content (AvgIpc) is 3.40. The van der Waals surface area contributed by atoms with Crippen LogP contribution in [0.5, 0.6) is 0 Å². The summed E-state index contributed by atoms with van der Waals surface area (Å²) in [6, 6.07) is 16.6. The third-order valence-corrected chi connectivity index (χ3v) is 9.62. The standard InChI is InChI=1S/C24H21ClN2O4S2/c1-14-19-12-16(25)6-9-22(19)32-24(14)33(30,31)26-20-7-8-21(18-5-3-2-4-17(18)20)27-11-10-15(13-27)23(28)29/h2-9,12,15,26H,10-11,13H2,1H3,(H,28,29)/t15-/m0/s1. The van der Waals surface area contributed by atoms with Gasteiger partial charge in [-0.3, -0.25) is 9.52 Å². The van der Waals surface area contributed by atoms with Crippen LogP contribution in [0.15, 0.2) is 58.8 Å². The lowest BCUT2D eigenvalue weighted by atomic mass is 10.1. The van der Waals surface area contributed by atoms with Gasteiger partial charge in [-0.25, -0.2) is 8.42 Å². The van der Waals surface area contributed by atoms with Crippen LogP contribution in [0.4, 0.5) is 11.4 Å². The molecule has 0 unspecified atom stereocenters. The quantitative estimate of drug-likeness (QED) is 0.365.